The fourth-order valence-electron chi connectivity index (χ4n) is 3.50. The molecule has 6 nitrogen and oxygen atoms in total. The Morgan fingerprint density at radius 3 is 2.42 bits per heavy atom. The van der Waals surface area contributed by atoms with E-state index in [1.807, 2.05) is 24.3 Å². The number of methoxy groups -OCH3 is 2. The fraction of sp³-hybridized carbons (Fsp3) is 0.174. The number of hydrogen-bond acceptors (Lipinski definition) is 6. The van der Waals surface area contributed by atoms with Crippen molar-refractivity contribution >= 4 is 35.0 Å². The van der Waals surface area contributed by atoms with Crippen molar-refractivity contribution in [3.63, 3.8) is 0 Å². The second kappa shape index (κ2) is 8.53. The van der Waals surface area contributed by atoms with Crippen molar-refractivity contribution in [3.8, 4) is 5.75 Å². The third-order valence-electron chi connectivity index (χ3n) is 5.03. The molecule has 0 radical (unpaired) electrons. The summed E-state index contributed by atoms with van der Waals surface area (Å²) in [7, 11) is 2.90. The van der Waals surface area contributed by atoms with E-state index in [2.05, 4.69) is 4.99 Å². The summed E-state index contributed by atoms with van der Waals surface area (Å²) in [5, 5.41) is 0.622. The van der Waals surface area contributed by atoms with E-state index < -0.39 is 12.0 Å². The van der Waals surface area contributed by atoms with E-state index in [1.165, 1.54) is 18.4 Å². The molecule has 1 aliphatic rings. The highest BCUT2D eigenvalue weighted by atomic mass is 35.5. The molecule has 1 aliphatic heterocycles. The highest BCUT2D eigenvalue weighted by Gasteiger charge is 2.33. The van der Waals surface area contributed by atoms with Gasteiger partial charge in [0.15, 0.2) is 4.80 Å². The Balaban J connectivity index is 1.94. The Hall–Kier alpha value is -3.16. The highest BCUT2D eigenvalue weighted by Crippen LogP contribution is 2.31. The van der Waals surface area contributed by atoms with Crippen molar-refractivity contribution in [2.45, 2.75) is 13.0 Å². The van der Waals surface area contributed by atoms with Gasteiger partial charge in [0.2, 0.25) is 0 Å². The van der Waals surface area contributed by atoms with Gasteiger partial charge in [0.1, 0.15) is 5.75 Å². The van der Waals surface area contributed by atoms with Crippen LogP contribution in [0.1, 0.15) is 24.1 Å². The zero-order valence-corrected chi connectivity index (χ0v) is 18.7. The largest absolute Gasteiger partial charge is 0.497 e. The van der Waals surface area contributed by atoms with Crippen molar-refractivity contribution in [2.75, 3.05) is 14.2 Å². The van der Waals surface area contributed by atoms with E-state index in [0.29, 0.717) is 31.4 Å². The Bertz CT molecular complexity index is 1350. The Labute approximate surface area is 187 Å². The monoisotopic (exact) mass is 454 g/mol. The number of allylic oxidation sites excluding steroid dienone is 1. The summed E-state index contributed by atoms with van der Waals surface area (Å²) in [6.45, 7) is 1.75. The Morgan fingerprint density at radius 1 is 1.13 bits per heavy atom. The van der Waals surface area contributed by atoms with Crippen molar-refractivity contribution in [1.29, 1.82) is 0 Å². The van der Waals surface area contributed by atoms with E-state index in [1.54, 1.807) is 48.9 Å². The van der Waals surface area contributed by atoms with Crippen LogP contribution in [0.3, 0.4) is 0 Å². The van der Waals surface area contributed by atoms with Crippen LogP contribution in [-0.4, -0.2) is 24.8 Å². The Kier molecular flexibility index (Phi) is 5.80. The molecule has 31 heavy (non-hydrogen) atoms. The first-order valence-electron chi connectivity index (χ1n) is 9.43. The predicted molar refractivity (Wildman–Crippen MR) is 120 cm³/mol. The van der Waals surface area contributed by atoms with Gasteiger partial charge in [-0.3, -0.25) is 9.36 Å². The van der Waals surface area contributed by atoms with Crippen LogP contribution in [0.2, 0.25) is 5.02 Å². The smallest absolute Gasteiger partial charge is 0.338 e. The van der Waals surface area contributed by atoms with Crippen LogP contribution >= 0.6 is 22.9 Å². The summed E-state index contributed by atoms with van der Waals surface area (Å²) in [5.41, 5.74) is 2.23. The molecule has 2 heterocycles. The van der Waals surface area contributed by atoms with Gasteiger partial charge in [-0.1, -0.05) is 47.2 Å². The van der Waals surface area contributed by atoms with Gasteiger partial charge in [-0.15, -0.1) is 0 Å². The average Bonchev–Trinajstić information content (AvgIpc) is 3.08. The lowest BCUT2D eigenvalue weighted by molar-refractivity contribution is -0.136. The zero-order chi connectivity index (χ0) is 22.1. The number of nitrogens with zero attached hydrogens (tertiary/aromatic N) is 2. The number of rotatable bonds is 4. The van der Waals surface area contributed by atoms with Gasteiger partial charge in [0, 0.05) is 5.02 Å². The van der Waals surface area contributed by atoms with Crippen molar-refractivity contribution in [2.24, 2.45) is 4.99 Å². The molecule has 0 fully saturated rings. The van der Waals surface area contributed by atoms with Crippen LogP contribution in [0.15, 0.2) is 69.6 Å². The normalized spacial score (nSPS) is 16.0. The molecule has 0 bridgehead atoms. The predicted octanol–water partition coefficient (Wildman–Crippen LogP) is 3.07. The fourth-order valence-corrected chi connectivity index (χ4v) is 4.68. The molecule has 2 aromatic carbocycles. The summed E-state index contributed by atoms with van der Waals surface area (Å²) in [6.07, 6.45) is 1.79. The van der Waals surface area contributed by atoms with Crippen LogP contribution < -0.4 is 19.6 Å². The van der Waals surface area contributed by atoms with Crippen LogP contribution in [0.5, 0.6) is 5.75 Å². The molecule has 0 aliphatic carbocycles. The van der Waals surface area contributed by atoms with Crippen LogP contribution in [0, 0.1) is 0 Å². The topological polar surface area (TPSA) is 69.9 Å². The number of hydrogen-bond donors (Lipinski definition) is 0. The number of thiazole rings is 1. The molecule has 0 saturated heterocycles. The quantitative estimate of drug-likeness (QED) is 0.568. The lowest BCUT2D eigenvalue weighted by Crippen LogP contribution is -2.39. The summed E-state index contributed by atoms with van der Waals surface area (Å²) in [6, 6.07) is 13.8. The summed E-state index contributed by atoms with van der Waals surface area (Å²) >= 11 is 7.24. The zero-order valence-electron chi connectivity index (χ0n) is 17.1. The molecule has 1 aromatic heterocycles. The number of fused-ring (bicyclic) bond motifs is 1. The minimum absolute atomic E-state index is 0.228. The first-order chi connectivity index (χ1) is 14.9. The molecule has 8 heteroatoms. The van der Waals surface area contributed by atoms with Gasteiger partial charge in [0.05, 0.1) is 36.1 Å². The molecular formula is C23H19ClN2O4S. The van der Waals surface area contributed by atoms with Crippen molar-refractivity contribution in [3.05, 3.63) is 95.6 Å². The SMILES string of the molecule is COC(=O)C1=C(C)N=c2s/c(=C/c3ccc(Cl)cc3)c(=O)n2[C@H]1c1ccc(OC)cc1. The average molecular weight is 455 g/mol. The summed E-state index contributed by atoms with van der Waals surface area (Å²) < 4.78 is 12.3. The molecule has 1 atom stereocenters. The maximum Gasteiger partial charge on any atom is 0.338 e. The van der Waals surface area contributed by atoms with Crippen molar-refractivity contribution < 1.29 is 14.3 Å². The van der Waals surface area contributed by atoms with Gasteiger partial charge >= 0.3 is 5.97 Å². The summed E-state index contributed by atoms with van der Waals surface area (Å²) in [5.74, 6) is 0.160. The number of esters is 1. The second-order valence-electron chi connectivity index (χ2n) is 6.90. The van der Waals surface area contributed by atoms with E-state index in [9.17, 15) is 9.59 Å². The minimum Gasteiger partial charge on any atom is -0.497 e. The van der Waals surface area contributed by atoms with Crippen LogP contribution in [0.4, 0.5) is 0 Å². The maximum atomic E-state index is 13.4. The minimum atomic E-state index is -0.651. The van der Waals surface area contributed by atoms with Crippen molar-refractivity contribution in [1.82, 2.24) is 4.57 Å². The number of carbonyl (C=O) groups excluding carboxylic acids is 1. The standard InChI is InChI=1S/C23H19ClN2O4S/c1-13-19(22(28)30-3)20(15-6-10-17(29-2)11-7-15)26-21(27)18(31-23(26)25-13)12-14-4-8-16(24)9-5-14/h4-12,20H,1-3H3/b18-12+/t20-/m0/s1. The van der Waals surface area contributed by atoms with Gasteiger partial charge in [-0.2, -0.15) is 0 Å². The van der Waals surface area contributed by atoms with Gasteiger partial charge in [-0.05, 0) is 48.4 Å². The number of benzene rings is 2. The molecule has 3 aromatic rings. The Morgan fingerprint density at radius 2 is 1.81 bits per heavy atom. The summed E-state index contributed by atoms with van der Waals surface area (Å²) in [4.78, 5) is 31.1. The van der Waals surface area contributed by atoms with Gasteiger partial charge in [0.25, 0.3) is 5.56 Å². The number of aromatic nitrogens is 1. The van der Waals surface area contributed by atoms with E-state index in [4.69, 9.17) is 21.1 Å². The maximum absolute atomic E-state index is 13.4. The lowest BCUT2D eigenvalue weighted by Gasteiger charge is -2.24. The molecular weight excluding hydrogens is 436 g/mol. The van der Waals surface area contributed by atoms with Crippen LogP contribution in [0.25, 0.3) is 6.08 Å². The number of ether oxygens (including phenoxy) is 2. The number of halogens is 1. The third kappa shape index (κ3) is 3.94. The highest BCUT2D eigenvalue weighted by molar-refractivity contribution is 7.07. The van der Waals surface area contributed by atoms with E-state index in [-0.39, 0.29) is 5.56 Å². The van der Waals surface area contributed by atoms with Gasteiger partial charge in [-0.25, -0.2) is 9.79 Å². The molecule has 0 spiro atoms. The molecule has 0 saturated carbocycles. The van der Waals surface area contributed by atoms with Gasteiger partial charge < -0.3 is 9.47 Å². The molecule has 0 N–H and O–H groups in total. The lowest BCUT2D eigenvalue weighted by atomic mass is 9.96. The second-order valence-corrected chi connectivity index (χ2v) is 8.34. The van der Waals surface area contributed by atoms with E-state index in [0.717, 1.165) is 11.1 Å². The molecule has 0 unspecified atom stereocenters. The third-order valence-corrected chi connectivity index (χ3v) is 6.26. The molecule has 158 valence electrons. The molecule has 0 amide bonds. The molecule has 4 rings (SSSR count). The first-order valence-corrected chi connectivity index (χ1v) is 10.6. The number of carbonyl (C=O) groups is 1. The first kappa shape index (κ1) is 21.1. The van der Waals surface area contributed by atoms with Crippen LogP contribution in [-0.2, 0) is 9.53 Å². The van der Waals surface area contributed by atoms with E-state index >= 15 is 0 Å².